The van der Waals surface area contributed by atoms with Crippen LogP contribution in [0.15, 0.2) is 18.2 Å². The SMILES string of the molecule is CCC1CN(C(C)C)c2cc(C(=O)C3CCCN3)ccc2O1. The number of hydrogen-bond acceptors (Lipinski definition) is 4. The fourth-order valence-electron chi connectivity index (χ4n) is 3.34. The summed E-state index contributed by atoms with van der Waals surface area (Å²) >= 11 is 0. The molecule has 1 fully saturated rings. The molecule has 1 saturated heterocycles. The molecule has 1 aromatic carbocycles. The molecule has 0 aromatic heterocycles. The molecule has 0 radical (unpaired) electrons. The molecule has 0 aliphatic carbocycles. The van der Waals surface area contributed by atoms with Crippen LogP contribution in [0.3, 0.4) is 0 Å². The summed E-state index contributed by atoms with van der Waals surface area (Å²) in [6.07, 6.45) is 3.25. The fraction of sp³-hybridized carbons (Fsp3) is 0.611. The van der Waals surface area contributed by atoms with Crippen molar-refractivity contribution in [2.45, 2.75) is 58.2 Å². The lowest BCUT2D eigenvalue weighted by Crippen LogP contribution is -2.43. The van der Waals surface area contributed by atoms with Crippen molar-refractivity contribution in [3.63, 3.8) is 0 Å². The zero-order valence-corrected chi connectivity index (χ0v) is 13.8. The van der Waals surface area contributed by atoms with Crippen LogP contribution in [-0.4, -0.2) is 37.1 Å². The number of anilines is 1. The van der Waals surface area contributed by atoms with Gasteiger partial charge in [-0.15, -0.1) is 0 Å². The van der Waals surface area contributed by atoms with E-state index in [1.165, 1.54) is 0 Å². The summed E-state index contributed by atoms with van der Waals surface area (Å²) in [5, 5.41) is 3.29. The molecule has 0 bridgehead atoms. The topological polar surface area (TPSA) is 41.6 Å². The normalized spacial score (nSPS) is 24.3. The summed E-state index contributed by atoms with van der Waals surface area (Å²) in [4.78, 5) is 15.0. The Balaban J connectivity index is 1.91. The minimum atomic E-state index is -0.0153. The van der Waals surface area contributed by atoms with E-state index in [9.17, 15) is 4.79 Å². The molecule has 2 unspecified atom stereocenters. The van der Waals surface area contributed by atoms with Gasteiger partial charge >= 0.3 is 0 Å². The van der Waals surface area contributed by atoms with Gasteiger partial charge in [0.1, 0.15) is 11.9 Å². The van der Waals surface area contributed by atoms with Gasteiger partial charge in [-0.05, 0) is 57.9 Å². The minimum absolute atomic E-state index is 0.0153. The van der Waals surface area contributed by atoms with Crippen LogP contribution in [0.4, 0.5) is 5.69 Å². The molecule has 2 aliphatic heterocycles. The molecule has 1 N–H and O–H groups in total. The van der Waals surface area contributed by atoms with Crippen molar-refractivity contribution in [2.24, 2.45) is 0 Å². The summed E-state index contributed by atoms with van der Waals surface area (Å²) in [5.74, 6) is 1.12. The van der Waals surface area contributed by atoms with E-state index in [0.29, 0.717) is 6.04 Å². The molecule has 4 heteroatoms. The van der Waals surface area contributed by atoms with E-state index < -0.39 is 0 Å². The Bertz CT molecular complexity index is 550. The maximum absolute atomic E-state index is 12.6. The summed E-state index contributed by atoms with van der Waals surface area (Å²) in [6, 6.07) is 6.28. The average Bonchev–Trinajstić information content (AvgIpc) is 3.06. The van der Waals surface area contributed by atoms with Crippen molar-refractivity contribution < 1.29 is 9.53 Å². The second kappa shape index (κ2) is 6.29. The molecule has 4 nitrogen and oxygen atoms in total. The van der Waals surface area contributed by atoms with Crippen molar-refractivity contribution in [1.82, 2.24) is 5.32 Å². The zero-order chi connectivity index (χ0) is 15.7. The van der Waals surface area contributed by atoms with Gasteiger partial charge in [-0.2, -0.15) is 0 Å². The first-order valence-corrected chi connectivity index (χ1v) is 8.45. The molecule has 2 aliphatic rings. The Morgan fingerprint density at radius 3 is 2.91 bits per heavy atom. The standard InChI is InChI=1S/C18H26N2O2/c1-4-14-11-20(12(2)3)16-10-13(7-8-17(16)22-14)18(21)15-6-5-9-19-15/h7-8,10,12,14-15,19H,4-6,9,11H2,1-3H3. The molecule has 0 spiro atoms. The van der Waals surface area contributed by atoms with E-state index in [1.807, 2.05) is 18.2 Å². The van der Waals surface area contributed by atoms with Crippen molar-refractivity contribution in [1.29, 1.82) is 0 Å². The van der Waals surface area contributed by atoms with Crippen LogP contribution >= 0.6 is 0 Å². The quantitative estimate of drug-likeness (QED) is 0.868. The van der Waals surface area contributed by atoms with Crippen LogP contribution in [0.25, 0.3) is 0 Å². The lowest BCUT2D eigenvalue weighted by Gasteiger charge is -2.38. The Labute approximate surface area is 132 Å². The lowest BCUT2D eigenvalue weighted by atomic mass is 10.0. The number of nitrogens with zero attached hydrogens (tertiary/aromatic N) is 1. The second-order valence-corrected chi connectivity index (χ2v) is 6.59. The van der Waals surface area contributed by atoms with Gasteiger partial charge in [0.15, 0.2) is 5.78 Å². The number of carbonyl (C=O) groups is 1. The maximum atomic E-state index is 12.6. The van der Waals surface area contributed by atoms with Crippen molar-refractivity contribution in [3.8, 4) is 5.75 Å². The third-order valence-corrected chi connectivity index (χ3v) is 4.70. The van der Waals surface area contributed by atoms with Gasteiger partial charge in [0.05, 0.1) is 18.3 Å². The van der Waals surface area contributed by atoms with Crippen LogP contribution in [0, 0.1) is 0 Å². The molecular formula is C18H26N2O2. The number of rotatable bonds is 4. The predicted octanol–water partition coefficient (Wildman–Crippen LogP) is 3.01. The number of ketones is 1. The highest BCUT2D eigenvalue weighted by atomic mass is 16.5. The highest BCUT2D eigenvalue weighted by Crippen LogP contribution is 2.36. The van der Waals surface area contributed by atoms with Crippen molar-refractivity contribution in [2.75, 3.05) is 18.0 Å². The van der Waals surface area contributed by atoms with E-state index >= 15 is 0 Å². The zero-order valence-electron chi connectivity index (χ0n) is 13.8. The summed E-state index contributed by atoms with van der Waals surface area (Å²) in [7, 11) is 0. The third kappa shape index (κ3) is 2.84. The van der Waals surface area contributed by atoms with E-state index in [2.05, 4.69) is 31.0 Å². The van der Waals surface area contributed by atoms with E-state index in [0.717, 1.165) is 49.4 Å². The van der Waals surface area contributed by atoms with Gasteiger partial charge < -0.3 is 15.0 Å². The first kappa shape index (κ1) is 15.3. The number of benzene rings is 1. The molecule has 0 amide bonds. The smallest absolute Gasteiger partial charge is 0.179 e. The fourth-order valence-corrected chi connectivity index (χ4v) is 3.34. The second-order valence-electron chi connectivity index (χ2n) is 6.59. The highest BCUT2D eigenvalue weighted by molar-refractivity contribution is 6.01. The third-order valence-electron chi connectivity index (χ3n) is 4.70. The molecular weight excluding hydrogens is 276 g/mol. The molecule has 2 atom stereocenters. The van der Waals surface area contributed by atoms with Gasteiger partial charge in [0.25, 0.3) is 0 Å². The Morgan fingerprint density at radius 1 is 1.45 bits per heavy atom. The van der Waals surface area contributed by atoms with Crippen molar-refractivity contribution >= 4 is 11.5 Å². The Kier molecular flexibility index (Phi) is 4.39. The number of hydrogen-bond donors (Lipinski definition) is 1. The molecule has 22 heavy (non-hydrogen) atoms. The monoisotopic (exact) mass is 302 g/mol. The number of carbonyl (C=O) groups excluding carboxylic acids is 1. The highest BCUT2D eigenvalue weighted by Gasteiger charge is 2.29. The lowest BCUT2D eigenvalue weighted by molar-refractivity contribution is 0.0952. The maximum Gasteiger partial charge on any atom is 0.179 e. The largest absolute Gasteiger partial charge is 0.486 e. The Morgan fingerprint density at radius 2 is 2.27 bits per heavy atom. The summed E-state index contributed by atoms with van der Waals surface area (Å²) in [5.41, 5.74) is 1.85. The first-order chi connectivity index (χ1) is 10.6. The number of nitrogens with one attached hydrogen (secondary N) is 1. The molecule has 3 rings (SSSR count). The number of ether oxygens (including phenoxy) is 1. The van der Waals surface area contributed by atoms with E-state index in [4.69, 9.17) is 4.74 Å². The van der Waals surface area contributed by atoms with Crippen LogP contribution < -0.4 is 15.0 Å². The molecule has 120 valence electrons. The van der Waals surface area contributed by atoms with Gasteiger partial charge in [0, 0.05) is 11.6 Å². The van der Waals surface area contributed by atoms with Crippen molar-refractivity contribution in [3.05, 3.63) is 23.8 Å². The molecule has 2 heterocycles. The summed E-state index contributed by atoms with van der Waals surface area (Å²) < 4.78 is 6.05. The van der Waals surface area contributed by atoms with Gasteiger partial charge in [-0.3, -0.25) is 4.79 Å². The predicted molar refractivity (Wildman–Crippen MR) is 89.0 cm³/mol. The first-order valence-electron chi connectivity index (χ1n) is 8.45. The summed E-state index contributed by atoms with van der Waals surface area (Å²) in [6.45, 7) is 8.36. The average molecular weight is 302 g/mol. The molecule has 1 aromatic rings. The number of fused-ring (bicyclic) bond motifs is 1. The van der Waals surface area contributed by atoms with Gasteiger partial charge in [0.2, 0.25) is 0 Å². The van der Waals surface area contributed by atoms with Crippen LogP contribution in [0.5, 0.6) is 5.75 Å². The molecule has 0 saturated carbocycles. The van der Waals surface area contributed by atoms with E-state index in [-0.39, 0.29) is 17.9 Å². The van der Waals surface area contributed by atoms with Crippen LogP contribution in [0.2, 0.25) is 0 Å². The van der Waals surface area contributed by atoms with Crippen LogP contribution in [0.1, 0.15) is 50.4 Å². The van der Waals surface area contributed by atoms with Gasteiger partial charge in [-0.25, -0.2) is 0 Å². The number of Topliss-reactive ketones (excluding diaryl/α,β-unsaturated/α-hetero) is 1. The van der Waals surface area contributed by atoms with Crippen LogP contribution in [-0.2, 0) is 0 Å². The minimum Gasteiger partial charge on any atom is -0.486 e. The Hall–Kier alpha value is -1.55. The van der Waals surface area contributed by atoms with E-state index in [1.54, 1.807) is 0 Å². The van der Waals surface area contributed by atoms with Gasteiger partial charge in [-0.1, -0.05) is 6.92 Å².